The van der Waals surface area contributed by atoms with Crippen LogP contribution in [0.5, 0.6) is 5.88 Å². The van der Waals surface area contributed by atoms with Gasteiger partial charge in [-0.15, -0.1) is 10.2 Å². The quantitative estimate of drug-likeness (QED) is 0.626. The number of fused-ring (bicyclic) bond motifs is 1. The van der Waals surface area contributed by atoms with Gasteiger partial charge in [-0.25, -0.2) is 0 Å². The number of azo groups is 1. The van der Waals surface area contributed by atoms with Crippen LogP contribution in [0.3, 0.4) is 0 Å². The molecule has 0 spiro atoms. The molecule has 1 aromatic heterocycles. The fourth-order valence-electron chi connectivity index (χ4n) is 2.96. The van der Waals surface area contributed by atoms with Gasteiger partial charge >= 0.3 is 0 Å². The van der Waals surface area contributed by atoms with Crippen molar-refractivity contribution in [1.29, 1.82) is 0 Å². The molecule has 1 amide bonds. The van der Waals surface area contributed by atoms with Crippen LogP contribution < -0.4 is 0 Å². The smallest absolute Gasteiger partial charge is 0.295 e. The Kier molecular flexibility index (Phi) is 4.64. The molecule has 0 aliphatic heterocycles. The fraction of sp³-hybridized carbons (Fsp3) is 0.286. The number of nitrogens with zero attached hydrogens (tertiary/aromatic N) is 3. The molecular weight excluding hydrogens is 326 g/mol. The lowest BCUT2D eigenvalue weighted by molar-refractivity contribution is 0.0995. The number of hydrogen-bond donors (Lipinski definition) is 1. The van der Waals surface area contributed by atoms with E-state index in [1.54, 1.807) is 16.7 Å². The molecule has 3 rings (SSSR count). The van der Waals surface area contributed by atoms with Crippen molar-refractivity contribution < 1.29 is 9.90 Å². The number of aromatic hydroxyl groups is 1. The van der Waals surface area contributed by atoms with Crippen molar-refractivity contribution in [1.82, 2.24) is 4.57 Å². The molecule has 2 aromatic carbocycles. The highest BCUT2D eigenvalue weighted by Crippen LogP contribution is 2.38. The molecule has 1 N–H and O–H groups in total. The third-order valence-corrected chi connectivity index (χ3v) is 4.47. The Bertz CT molecular complexity index is 977. The van der Waals surface area contributed by atoms with Gasteiger partial charge in [0.15, 0.2) is 5.69 Å². The summed E-state index contributed by atoms with van der Waals surface area (Å²) in [5.41, 5.74) is 2.83. The average molecular weight is 349 g/mol. The Morgan fingerprint density at radius 1 is 1.08 bits per heavy atom. The fourth-order valence-corrected chi connectivity index (χ4v) is 2.96. The summed E-state index contributed by atoms with van der Waals surface area (Å²) in [5.74, 6) is -0.411. The number of carbonyl (C=O) groups excluding carboxylic acids is 1. The van der Waals surface area contributed by atoms with Crippen molar-refractivity contribution in [2.45, 2.75) is 39.7 Å². The first-order chi connectivity index (χ1) is 12.3. The lowest BCUT2D eigenvalue weighted by Gasteiger charge is -2.18. The highest BCUT2D eigenvalue weighted by molar-refractivity contribution is 5.97. The minimum Gasteiger partial charge on any atom is -0.493 e. The molecule has 26 heavy (non-hydrogen) atoms. The van der Waals surface area contributed by atoms with Crippen LogP contribution in [0.1, 0.15) is 43.6 Å². The number of para-hydroxylation sites is 1. The summed E-state index contributed by atoms with van der Waals surface area (Å²) in [6, 6.07) is 14.9. The Hall–Kier alpha value is -2.95. The van der Waals surface area contributed by atoms with Crippen LogP contribution in [-0.2, 0) is 12.0 Å². The molecule has 0 atom stereocenters. The molecule has 3 aromatic rings. The Balaban J connectivity index is 1.92. The Labute approximate surface area is 153 Å². The summed E-state index contributed by atoms with van der Waals surface area (Å²) >= 11 is 0. The monoisotopic (exact) mass is 349 g/mol. The van der Waals surface area contributed by atoms with Crippen molar-refractivity contribution in [3.8, 4) is 5.88 Å². The predicted molar refractivity (Wildman–Crippen MR) is 103 cm³/mol. The molecule has 5 nitrogen and oxygen atoms in total. The summed E-state index contributed by atoms with van der Waals surface area (Å²) in [4.78, 5) is 12.4. The zero-order valence-corrected chi connectivity index (χ0v) is 15.5. The average Bonchev–Trinajstić information content (AvgIpc) is 2.90. The SMILES string of the molecule is CCn1c(O)c(N=NC(=O)c2ccc(C(C)(C)C)cc2)c2ccccc21. The maximum Gasteiger partial charge on any atom is 0.295 e. The van der Waals surface area contributed by atoms with Gasteiger partial charge in [0.05, 0.1) is 5.52 Å². The van der Waals surface area contributed by atoms with E-state index in [9.17, 15) is 9.90 Å². The largest absolute Gasteiger partial charge is 0.493 e. The molecule has 134 valence electrons. The number of hydrogen-bond acceptors (Lipinski definition) is 3. The second kappa shape index (κ2) is 6.75. The van der Waals surface area contributed by atoms with Gasteiger partial charge in [0, 0.05) is 17.5 Å². The van der Waals surface area contributed by atoms with Crippen molar-refractivity contribution in [2.24, 2.45) is 10.2 Å². The van der Waals surface area contributed by atoms with Crippen LogP contribution >= 0.6 is 0 Å². The maximum absolute atomic E-state index is 12.4. The van der Waals surface area contributed by atoms with E-state index in [4.69, 9.17) is 0 Å². The third-order valence-electron chi connectivity index (χ3n) is 4.47. The van der Waals surface area contributed by atoms with Crippen LogP contribution in [0.25, 0.3) is 10.9 Å². The zero-order chi connectivity index (χ0) is 18.9. The summed E-state index contributed by atoms with van der Waals surface area (Å²) in [5, 5.41) is 19.1. The van der Waals surface area contributed by atoms with E-state index in [1.807, 2.05) is 43.3 Å². The topological polar surface area (TPSA) is 66.9 Å². The number of aromatic nitrogens is 1. The van der Waals surface area contributed by atoms with E-state index in [1.165, 1.54) is 0 Å². The second-order valence-electron chi connectivity index (χ2n) is 7.27. The summed E-state index contributed by atoms with van der Waals surface area (Å²) < 4.78 is 1.74. The molecule has 0 bridgehead atoms. The van der Waals surface area contributed by atoms with E-state index in [0.717, 1.165) is 16.5 Å². The van der Waals surface area contributed by atoms with Crippen LogP contribution in [0.15, 0.2) is 58.8 Å². The molecule has 0 aliphatic carbocycles. The highest BCUT2D eigenvalue weighted by atomic mass is 16.3. The molecule has 0 fully saturated rings. The van der Waals surface area contributed by atoms with Gasteiger partial charge in [-0.3, -0.25) is 4.79 Å². The molecule has 0 unspecified atom stereocenters. The van der Waals surface area contributed by atoms with Crippen LogP contribution in [-0.4, -0.2) is 15.6 Å². The first-order valence-corrected chi connectivity index (χ1v) is 8.69. The molecule has 0 aliphatic rings. The van der Waals surface area contributed by atoms with Gasteiger partial charge in [-0.1, -0.05) is 51.1 Å². The minimum absolute atomic E-state index is 0.0216. The van der Waals surface area contributed by atoms with E-state index in [-0.39, 0.29) is 11.3 Å². The first kappa shape index (κ1) is 17.9. The molecule has 1 heterocycles. The molecule has 0 saturated carbocycles. The van der Waals surface area contributed by atoms with E-state index < -0.39 is 5.91 Å². The van der Waals surface area contributed by atoms with Gasteiger partial charge in [-0.05, 0) is 36.1 Å². The molecule has 0 radical (unpaired) electrons. The van der Waals surface area contributed by atoms with Crippen LogP contribution in [0.4, 0.5) is 5.69 Å². The number of benzene rings is 2. The third kappa shape index (κ3) is 3.25. The van der Waals surface area contributed by atoms with Crippen LogP contribution in [0, 0.1) is 0 Å². The summed E-state index contributed by atoms with van der Waals surface area (Å²) in [7, 11) is 0. The van der Waals surface area contributed by atoms with Gasteiger partial charge in [-0.2, -0.15) is 0 Å². The summed E-state index contributed by atoms with van der Waals surface area (Å²) in [6.45, 7) is 8.90. The lowest BCUT2D eigenvalue weighted by atomic mass is 9.87. The molecular formula is C21H23N3O2. The molecule has 0 saturated heterocycles. The van der Waals surface area contributed by atoms with Crippen LogP contribution in [0.2, 0.25) is 0 Å². The Morgan fingerprint density at radius 3 is 2.35 bits per heavy atom. The maximum atomic E-state index is 12.4. The second-order valence-corrected chi connectivity index (χ2v) is 7.27. The zero-order valence-electron chi connectivity index (χ0n) is 15.5. The van der Waals surface area contributed by atoms with Gasteiger partial charge in [0.25, 0.3) is 5.91 Å². The number of aryl methyl sites for hydroxylation is 1. The standard InChI is InChI=1S/C21H23N3O2/c1-5-24-17-9-7-6-8-16(17)18(20(24)26)22-23-19(25)14-10-12-15(13-11-14)21(2,3)4/h6-13,26H,5H2,1-4H3. The van der Waals surface area contributed by atoms with Gasteiger partial charge in [0.2, 0.25) is 5.88 Å². The van der Waals surface area contributed by atoms with Gasteiger partial charge < -0.3 is 9.67 Å². The summed E-state index contributed by atoms with van der Waals surface area (Å²) in [6.07, 6.45) is 0. The Morgan fingerprint density at radius 2 is 1.73 bits per heavy atom. The van der Waals surface area contributed by atoms with E-state index in [2.05, 4.69) is 31.0 Å². The number of rotatable bonds is 3. The minimum atomic E-state index is -0.432. The lowest BCUT2D eigenvalue weighted by Crippen LogP contribution is -2.11. The van der Waals surface area contributed by atoms with E-state index in [0.29, 0.717) is 17.8 Å². The first-order valence-electron chi connectivity index (χ1n) is 8.69. The van der Waals surface area contributed by atoms with Crippen molar-refractivity contribution in [2.75, 3.05) is 0 Å². The number of amides is 1. The predicted octanol–water partition coefficient (Wildman–Crippen LogP) is 5.59. The van der Waals surface area contributed by atoms with Gasteiger partial charge in [0.1, 0.15) is 0 Å². The highest BCUT2D eigenvalue weighted by Gasteiger charge is 2.17. The van der Waals surface area contributed by atoms with Crippen molar-refractivity contribution >= 4 is 22.5 Å². The van der Waals surface area contributed by atoms with Crippen molar-refractivity contribution in [3.63, 3.8) is 0 Å². The number of carbonyl (C=O) groups is 1. The van der Waals surface area contributed by atoms with Crippen molar-refractivity contribution in [3.05, 3.63) is 59.7 Å². The molecule has 5 heteroatoms. The normalized spacial score (nSPS) is 12.2. The van der Waals surface area contributed by atoms with E-state index >= 15 is 0 Å².